The van der Waals surface area contributed by atoms with Crippen molar-refractivity contribution in [2.24, 2.45) is 0 Å². The highest BCUT2D eigenvalue weighted by Gasteiger charge is 2.18. The van der Waals surface area contributed by atoms with E-state index in [1.54, 1.807) is 6.08 Å². The van der Waals surface area contributed by atoms with E-state index < -0.39 is 12.1 Å². The van der Waals surface area contributed by atoms with E-state index in [0.29, 0.717) is 19.4 Å². The highest BCUT2D eigenvalue weighted by Crippen LogP contribution is 2.20. The number of rotatable bonds is 74. The maximum absolute atomic E-state index is 12.5. The van der Waals surface area contributed by atoms with Crippen LogP contribution in [0.15, 0.2) is 36.5 Å². The van der Waals surface area contributed by atoms with Crippen LogP contribution in [0.5, 0.6) is 0 Å². The monoisotopic (exact) mass is 1210 g/mol. The number of carbonyl (C=O) groups is 2. The van der Waals surface area contributed by atoms with Crippen LogP contribution in [0.2, 0.25) is 0 Å². The largest absolute Gasteiger partial charge is 0.466 e. The van der Waals surface area contributed by atoms with Crippen molar-refractivity contribution in [3.8, 4) is 0 Å². The van der Waals surface area contributed by atoms with Gasteiger partial charge in [-0.15, -0.1) is 0 Å². The zero-order chi connectivity index (χ0) is 62.0. The maximum Gasteiger partial charge on any atom is 0.305 e. The number of esters is 1. The van der Waals surface area contributed by atoms with E-state index in [1.165, 1.54) is 360 Å². The molecule has 0 aliphatic carbocycles. The Bertz CT molecular complexity index is 1390. The number of unbranched alkanes of at least 4 members (excludes halogenated alkanes) is 59. The fourth-order valence-electron chi connectivity index (χ4n) is 12.4. The van der Waals surface area contributed by atoms with Crippen molar-refractivity contribution < 1.29 is 24.5 Å². The maximum atomic E-state index is 12.5. The number of carbonyl (C=O) groups excluding carboxylic acids is 2. The summed E-state index contributed by atoms with van der Waals surface area (Å²) >= 11 is 0. The van der Waals surface area contributed by atoms with Crippen molar-refractivity contribution in [3.63, 3.8) is 0 Å². The van der Waals surface area contributed by atoms with Gasteiger partial charge in [0.1, 0.15) is 0 Å². The molecule has 0 rings (SSSR count). The summed E-state index contributed by atoms with van der Waals surface area (Å²) in [5.74, 6) is -0.0495. The molecule has 0 saturated carbocycles. The lowest BCUT2D eigenvalue weighted by Gasteiger charge is -2.20. The number of allylic oxidation sites excluding steroid dienone is 5. The highest BCUT2D eigenvalue weighted by atomic mass is 16.5. The third-order valence-corrected chi connectivity index (χ3v) is 18.4. The first-order valence-corrected chi connectivity index (χ1v) is 39.3. The number of aliphatic hydroxyl groups is 2. The molecule has 508 valence electrons. The first kappa shape index (κ1) is 84.1. The minimum absolute atomic E-state index is 0.00897. The first-order valence-electron chi connectivity index (χ1n) is 39.3. The van der Waals surface area contributed by atoms with Crippen LogP contribution < -0.4 is 5.32 Å². The Kier molecular flexibility index (Phi) is 73.9. The number of aliphatic hydroxyl groups excluding tert-OH is 2. The minimum Gasteiger partial charge on any atom is -0.466 e. The number of hydrogen-bond donors (Lipinski definition) is 3. The fraction of sp³-hybridized carbons (Fsp3) is 0.900. The van der Waals surface area contributed by atoms with Crippen molar-refractivity contribution in [1.29, 1.82) is 0 Å². The number of hydrogen-bond acceptors (Lipinski definition) is 5. The van der Waals surface area contributed by atoms with Crippen LogP contribution in [0.3, 0.4) is 0 Å². The lowest BCUT2D eigenvalue weighted by molar-refractivity contribution is -0.143. The third-order valence-electron chi connectivity index (χ3n) is 18.4. The van der Waals surface area contributed by atoms with Crippen molar-refractivity contribution in [2.45, 2.75) is 450 Å². The molecule has 0 aromatic rings. The molecule has 0 radical (unpaired) electrons. The van der Waals surface area contributed by atoms with Gasteiger partial charge in [0, 0.05) is 12.8 Å². The van der Waals surface area contributed by atoms with Gasteiger partial charge < -0.3 is 20.3 Å². The molecule has 86 heavy (non-hydrogen) atoms. The average molecular weight is 1210 g/mol. The highest BCUT2D eigenvalue weighted by molar-refractivity contribution is 5.76. The second-order valence-electron chi connectivity index (χ2n) is 27.0. The second-order valence-corrected chi connectivity index (χ2v) is 27.0. The van der Waals surface area contributed by atoms with Gasteiger partial charge in [0.2, 0.25) is 5.91 Å². The molecule has 2 unspecified atom stereocenters. The Morgan fingerprint density at radius 3 is 0.919 bits per heavy atom. The molecule has 0 aromatic heterocycles. The van der Waals surface area contributed by atoms with Gasteiger partial charge in [-0.25, -0.2) is 0 Å². The summed E-state index contributed by atoms with van der Waals surface area (Å²) in [7, 11) is 0. The third kappa shape index (κ3) is 71.2. The van der Waals surface area contributed by atoms with Gasteiger partial charge in [-0.3, -0.25) is 9.59 Å². The van der Waals surface area contributed by atoms with Crippen molar-refractivity contribution in [2.75, 3.05) is 13.2 Å². The van der Waals surface area contributed by atoms with Crippen molar-refractivity contribution in [1.82, 2.24) is 5.32 Å². The van der Waals surface area contributed by atoms with E-state index in [2.05, 4.69) is 43.5 Å². The molecule has 1 amide bonds. The molecule has 0 saturated heterocycles. The molecule has 0 bridgehead atoms. The Morgan fingerprint density at radius 2 is 0.593 bits per heavy atom. The molecular weight excluding hydrogens is 1050 g/mol. The predicted molar refractivity (Wildman–Crippen MR) is 379 cm³/mol. The zero-order valence-corrected chi connectivity index (χ0v) is 58.3. The molecule has 0 aliphatic heterocycles. The topological polar surface area (TPSA) is 95.9 Å². The van der Waals surface area contributed by atoms with Crippen molar-refractivity contribution in [3.05, 3.63) is 36.5 Å². The van der Waals surface area contributed by atoms with Crippen LogP contribution in [-0.4, -0.2) is 47.4 Å². The van der Waals surface area contributed by atoms with Gasteiger partial charge in [-0.1, -0.05) is 403 Å². The summed E-state index contributed by atoms with van der Waals surface area (Å²) < 4.78 is 5.49. The lowest BCUT2D eigenvalue weighted by atomic mass is 10.0. The van der Waals surface area contributed by atoms with E-state index in [-0.39, 0.29) is 18.5 Å². The predicted octanol–water partition coefficient (Wildman–Crippen LogP) is 25.8. The number of ether oxygens (including phenoxy) is 1. The van der Waals surface area contributed by atoms with E-state index in [0.717, 1.165) is 51.4 Å². The Morgan fingerprint density at radius 1 is 0.326 bits per heavy atom. The quantitative estimate of drug-likeness (QED) is 0.0320. The standard InChI is InChI=1S/C80H153NO5/c1-3-5-7-9-11-13-15-17-19-20-42-45-48-52-56-60-64-68-72-78(83)77(76-82)81-79(84)73-69-65-61-57-53-49-46-43-40-38-36-34-32-30-28-26-24-22-21-23-25-27-29-31-33-35-37-39-41-44-47-51-55-59-63-67-71-75-86-80(85)74-70-66-62-58-54-50-18-16-14-12-10-8-6-4-2/h10,12,16,18,68,72,77-78,82-83H,3-9,11,13-15,17,19-67,69-71,73-76H2,1-2H3,(H,81,84)/b12-10-,18-16-,72-68+. The molecule has 0 spiro atoms. The van der Waals surface area contributed by atoms with E-state index in [4.69, 9.17) is 4.74 Å². The molecule has 3 N–H and O–H groups in total. The summed E-state index contributed by atoms with van der Waals surface area (Å²) in [5.41, 5.74) is 0. The van der Waals surface area contributed by atoms with E-state index in [1.807, 2.05) is 6.08 Å². The first-order chi connectivity index (χ1) is 42.5. The van der Waals surface area contributed by atoms with Gasteiger partial charge >= 0.3 is 5.97 Å². The molecule has 0 heterocycles. The molecule has 6 nitrogen and oxygen atoms in total. The van der Waals surface area contributed by atoms with E-state index in [9.17, 15) is 19.8 Å². The molecular formula is C80H153NO5. The Balaban J connectivity index is 3.32. The zero-order valence-electron chi connectivity index (χ0n) is 58.3. The van der Waals surface area contributed by atoms with Crippen LogP contribution in [0.25, 0.3) is 0 Å². The summed E-state index contributed by atoms with van der Waals surface area (Å²) in [5, 5.41) is 23.2. The smallest absolute Gasteiger partial charge is 0.305 e. The molecule has 0 aromatic carbocycles. The second kappa shape index (κ2) is 75.5. The van der Waals surface area contributed by atoms with E-state index >= 15 is 0 Å². The van der Waals surface area contributed by atoms with Crippen LogP contribution in [0.1, 0.15) is 438 Å². The Labute approximate surface area is 538 Å². The van der Waals surface area contributed by atoms with Crippen LogP contribution in [0, 0.1) is 0 Å². The normalized spacial score (nSPS) is 12.7. The van der Waals surface area contributed by atoms with Crippen LogP contribution in [0.4, 0.5) is 0 Å². The molecule has 0 fully saturated rings. The average Bonchev–Trinajstić information content (AvgIpc) is 3.55. The van der Waals surface area contributed by atoms with Crippen molar-refractivity contribution >= 4 is 11.9 Å². The van der Waals surface area contributed by atoms with Crippen LogP contribution >= 0.6 is 0 Å². The summed E-state index contributed by atoms with van der Waals surface area (Å²) in [6.07, 6.45) is 98.5. The Hall–Kier alpha value is -1.92. The van der Waals surface area contributed by atoms with Gasteiger partial charge in [0.05, 0.1) is 25.4 Å². The molecule has 6 heteroatoms. The number of amides is 1. The van der Waals surface area contributed by atoms with Gasteiger partial charge in [-0.05, 0) is 57.8 Å². The summed E-state index contributed by atoms with van der Waals surface area (Å²) in [6.45, 7) is 4.90. The number of nitrogens with one attached hydrogen (secondary N) is 1. The lowest BCUT2D eigenvalue weighted by Crippen LogP contribution is -2.45. The molecule has 2 atom stereocenters. The van der Waals surface area contributed by atoms with Gasteiger partial charge in [0.15, 0.2) is 0 Å². The SMILES string of the molecule is CCCC/C=C\C/C=C\CCCCCCCC(=O)OCCCCCCCCCCCCCCCCCCCCCCCCCCCCCCCCCCCCCCCC(=O)NC(CO)C(O)/C=C/CCCCCCCCCCCCCCCCCC. The van der Waals surface area contributed by atoms with Crippen LogP contribution in [-0.2, 0) is 14.3 Å². The minimum atomic E-state index is -0.841. The van der Waals surface area contributed by atoms with Gasteiger partial charge in [-0.2, -0.15) is 0 Å². The van der Waals surface area contributed by atoms with Gasteiger partial charge in [0.25, 0.3) is 0 Å². The summed E-state index contributed by atoms with van der Waals surface area (Å²) in [6, 6.07) is -0.624. The molecule has 0 aliphatic rings. The summed E-state index contributed by atoms with van der Waals surface area (Å²) in [4.78, 5) is 24.6. The fourth-order valence-corrected chi connectivity index (χ4v) is 12.4.